The molecular weight excluding hydrogens is 252 g/mol. The van der Waals surface area contributed by atoms with Gasteiger partial charge in [-0.1, -0.05) is 25.1 Å². The maximum atomic E-state index is 12.4. The van der Waals surface area contributed by atoms with Crippen LogP contribution in [0.3, 0.4) is 0 Å². The van der Waals surface area contributed by atoms with Crippen LogP contribution in [0.4, 0.5) is 4.79 Å². The van der Waals surface area contributed by atoms with Gasteiger partial charge in [-0.15, -0.1) is 0 Å². The van der Waals surface area contributed by atoms with Gasteiger partial charge in [-0.25, -0.2) is 4.79 Å². The number of benzene rings is 1. The van der Waals surface area contributed by atoms with Crippen LogP contribution in [0.5, 0.6) is 5.75 Å². The van der Waals surface area contributed by atoms with Crippen molar-refractivity contribution < 1.29 is 9.53 Å². The number of carbonyl (C=O) groups is 1. The molecule has 1 heterocycles. The van der Waals surface area contributed by atoms with Crippen LogP contribution in [0.2, 0.25) is 0 Å². The van der Waals surface area contributed by atoms with Gasteiger partial charge in [-0.2, -0.15) is 0 Å². The number of hydrogen-bond acceptors (Lipinski definition) is 3. The minimum Gasteiger partial charge on any atom is -0.410 e. The van der Waals surface area contributed by atoms with E-state index in [2.05, 4.69) is 12.2 Å². The molecule has 1 aliphatic rings. The molecule has 0 spiro atoms. The molecule has 4 heteroatoms. The molecule has 1 amide bonds. The van der Waals surface area contributed by atoms with Gasteiger partial charge in [-0.3, -0.25) is 0 Å². The van der Waals surface area contributed by atoms with Gasteiger partial charge in [-0.05, 0) is 44.4 Å². The SMILES string of the molecule is CCc1ccccc1OC(=O)N1CCCCC1CNC. The van der Waals surface area contributed by atoms with E-state index in [-0.39, 0.29) is 12.1 Å². The highest BCUT2D eigenvalue weighted by molar-refractivity contribution is 5.71. The van der Waals surface area contributed by atoms with Crippen LogP contribution in [0.15, 0.2) is 24.3 Å². The van der Waals surface area contributed by atoms with Crippen molar-refractivity contribution in [3.63, 3.8) is 0 Å². The molecule has 0 aromatic heterocycles. The number of rotatable bonds is 4. The summed E-state index contributed by atoms with van der Waals surface area (Å²) in [5, 5.41) is 3.16. The second-order valence-corrected chi connectivity index (χ2v) is 5.23. The first-order valence-electron chi connectivity index (χ1n) is 7.47. The van der Waals surface area contributed by atoms with Gasteiger partial charge >= 0.3 is 6.09 Å². The molecule has 1 aromatic rings. The Balaban J connectivity index is 2.06. The molecule has 0 aliphatic carbocycles. The molecule has 1 fully saturated rings. The summed E-state index contributed by atoms with van der Waals surface area (Å²) in [4.78, 5) is 14.3. The zero-order chi connectivity index (χ0) is 14.4. The summed E-state index contributed by atoms with van der Waals surface area (Å²) in [6.07, 6.45) is 3.94. The van der Waals surface area contributed by atoms with Gasteiger partial charge in [0.1, 0.15) is 5.75 Å². The van der Waals surface area contributed by atoms with E-state index in [9.17, 15) is 4.79 Å². The van der Waals surface area contributed by atoms with Crippen molar-refractivity contribution in [2.75, 3.05) is 20.1 Å². The van der Waals surface area contributed by atoms with E-state index in [0.29, 0.717) is 5.75 Å². The van der Waals surface area contributed by atoms with Crippen molar-refractivity contribution in [2.24, 2.45) is 0 Å². The zero-order valence-corrected chi connectivity index (χ0v) is 12.4. The Morgan fingerprint density at radius 1 is 1.40 bits per heavy atom. The third-order valence-corrected chi connectivity index (χ3v) is 3.85. The van der Waals surface area contributed by atoms with E-state index in [4.69, 9.17) is 4.74 Å². The molecule has 1 N–H and O–H groups in total. The van der Waals surface area contributed by atoms with Crippen LogP contribution >= 0.6 is 0 Å². The summed E-state index contributed by atoms with van der Waals surface area (Å²) < 4.78 is 5.61. The topological polar surface area (TPSA) is 41.6 Å². The predicted molar refractivity (Wildman–Crippen MR) is 80.1 cm³/mol. The number of likely N-dealkylation sites (tertiary alicyclic amines) is 1. The molecule has 1 saturated heterocycles. The Morgan fingerprint density at radius 3 is 2.95 bits per heavy atom. The lowest BCUT2D eigenvalue weighted by Crippen LogP contribution is -2.49. The van der Waals surface area contributed by atoms with E-state index in [1.807, 2.05) is 36.2 Å². The van der Waals surface area contributed by atoms with Crippen molar-refractivity contribution in [2.45, 2.75) is 38.6 Å². The van der Waals surface area contributed by atoms with Gasteiger partial charge in [0.15, 0.2) is 0 Å². The monoisotopic (exact) mass is 276 g/mol. The van der Waals surface area contributed by atoms with Crippen molar-refractivity contribution in [3.8, 4) is 5.75 Å². The minimum atomic E-state index is -0.217. The highest BCUT2D eigenvalue weighted by Gasteiger charge is 2.27. The molecule has 20 heavy (non-hydrogen) atoms. The number of ether oxygens (including phenoxy) is 1. The molecule has 110 valence electrons. The largest absolute Gasteiger partial charge is 0.415 e. The van der Waals surface area contributed by atoms with Crippen LogP contribution < -0.4 is 10.1 Å². The molecule has 2 rings (SSSR count). The van der Waals surface area contributed by atoms with Gasteiger partial charge in [0.05, 0.1) is 0 Å². The van der Waals surface area contributed by atoms with Gasteiger partial charge in [0.2, 0.25) is 0 Å². The van der Waals surface area contributed by atoms with Gasteiger partial charge < -0.3 is 15.0 Å². The number of amides is 1. The third-order valence-electron chi connectivity index (χ3n) is 3.85. The Kier molecular flexibility index (Phi) is 5.41. The maximum absolute atomic E-state index is 12.4. The molecule has 1 unspecified atom stereocenters. The summed E-state index contributed by atoms with van der Waals surface area (Å²) >= 11 is 0. The average Bonchev–Trinajstić information content (AvgIpc) is 2.48. The molecule has 1 aromatic carbocycles. The van der Waals surface area contributed by atoms with Gasteiger partial charge in [0, 0.05) is 19.1 Å². The summed E-state index contributed by atoms with van der Waals surface area (Å²) in [6, 6.07) is 8.00. The number of nitrogens with one attached hydrogen (secondary N) is 1. The first-order valence-corrected chi connectivity index (χ1v) is 7.47. The molecule has 1 aliphatic heterocycles. The third kappa shape index (κ3) is 3.51. The summed E-state index contributed by atoms with van der Waals surface area (Å²) in [6.45, 7) is 3.68. The van der Waals surface area contributed by atoms with E-state index in [1.165, 1.54) is 6.42 Å². The lowest BCUT2D eigenvalue weighted by atomic mass is 10.0. The lowest BCUT2D eigenvalue weighted by molar-refractivity contribution is 0.112. The Labute approximate surface area is 121 Å². The fourth-order valence-corrected chi connectivity index (χ4v) is 2.74. The molecular formula is C16H24N2O2. The smallest absolute Gasteiger partial charge is 0.410 e. The van der Waals surface area contributed by atoms with E-state index >= 15 is 0 Å². The number of likely N-dealkylation sites (N-methyl/N-ethyl adjacent to an activating group) is 1. The fourth-order valence-electron chi connectivity index (χ4n) is 2.74. The summed E-state index contributed by atoms with van der Waals surface area (Å²) in [5.74, 6) is 0.689. The molecule has 0 bridgehead atoms. The fraction of sp³-hybridized carbons (Fsp3) is 0.562. The first kappa shape index (κ1) is 14.9. The number of aryl methyl sites for hydroxylation is 1. The second-order valence-electron chi connectivity index (χ2n) is 5.23. The van der Waals surface area contributed by atoms with Crippen molar-refractivity contribution in [3.05, 3.63) is 29.8 Å². The number of carbonyl (C=O) groups excluding carboxylic acids is 1. The van der Waals surface area contributed by atoms with Crippen LogP contribution in [0, 0.1) is 0 Å². The Hall–Kier alpha value is -1.55. The quantitative estimate of drug-likeness (QED) is 0.919. The van der Waals surface area contributed by atoms with Crippen molar-refractivity contribution >= 4 is 6.09 Å². The predicted octanol–water partition coefficient (Wildman–Crippen LogP) is 2.82. The van der Waals surface area contributed by atoms with E-state index in [0.717, 1.165) is 37.9 Å². The van der Waals surface area contributed by atoms with Crippen LogP contribution in [-0.2, 0) is 6.42 Å². The molecule has 1 atom stereocenters. The van der Waals surface area contributed by atoms with Crippen molar-refractivity contribution in [1.29, 1.82) is 0 Å². The Morgan fingerprint density at radius 2 is 2.20 bits per heavy atom. The summed E-state index contributed by atoms with van der Waals surface area (Å²) in [7, 11) is 1.92. The second kappa shape index (κ2) is 7.29. The Bertz CT molecular complexity index is 446. The number of hydrogen-bond donors (Lipinski definition) is 1. The van der Waals surface area contributed by atoms with E-state index < -0.39 is 0 Å². The maximum Gasteiger partial charge on any atom is 0.415 e. The van der Waals surface area contributed by atoms with Crippen LogP contribution in [0.1, 0.15) is 31.7 Å². The van der Waals surface area contributed by atoms with Gasteiger partial charge in [0.25, 0.3) is 0 Å². The first-order chi connectivity index (χ1) is 9.76. The number of para-hydroxylation sites is 1. The summed E-state index contributed by atoms with van der Waals surface area (Å²) in [5.41, 5.74) is 1.07. The standard InChI is InChI=1S/C16H24N2O2/c1-3-13-8-4-5-10-15(13)20-16(19)18-11-7-6-9-14(18)12-17-2/h4-5,8,10,14,17H,3,6-7,9,11-12H2,1-2H3. The molecule has 4 nitrogen and oxygen atoms in total. The number of nitrogens with zero attached hydrogens (tertiary/aromatic N) is 1. The zero-order valence-electron chi connectivity index (χ0n) is 12.4. The minimum absolute atomic E-state index is 0.217. The van der Waals surface area contributed by atoms with Crippen LogP contribution in [0.25, 0.3) is 0 Å². The highest BCUT2D eigenvalue weighted by Crippen LogP contribution is 2.22. The number of piperidine rings is 1. The lowest BCUT2D eigenvalue weighted by Gasteiger charge is -2.34. The normalized spacial score (nSPS) is 18.9. The van der Waals surface area contributed by atoms with Crippen LogP contribution in [-0.4, -0.2) is 37.2 Å². The molecule has 0 saturated carbocycles. The molecule has 0 radical (unpaired) electrons. The van der Waals surface area contributed by atoms with Crippen molar-refractivity contribution in [1.82, 2.24) is 10.2 Å². The van der Waals surface area contributed by atoms with E-state index in [1.54, 1.807) is 0 Å². The average molecular weight is 276 g/mol. The highest BCUT2D eigenvalue weighted by atomic mass is 16.6.